The third kappa shape index (κ3) is 2.33. The second kappa shape index (κ2) is 4.85. The molecule has 0 spiro atoms. The van der Waals surface area contributed by atoms with Gasteiger partial charge in [0.25, 0.3) is 0 Å². The van der Waals surface area contributed by atoms with Gasteiger partial charge >= 0.3 is 0 Å². The monoisotopic (exact) mass is 233 g/mol. The minimum Gasteiger partial charge on any atom is -0.396 e. The molecule has 1 aromatic heterocycles. The van der Waals surface area contributed by atoms with Crippen molar-refractivity contribution in [3.8, 4) is 0 Å². The molecule has 0 saturated carbocycles. The van der Waals surface area contributed by atoms with Gasteiger partial charge in [-0.25, -0.2) is 4.98 Å². The van der Waals surface area contributed by atoms with Crippen molar-refractivity contribution in [2.24, 2.45) is 7.05 Å². The molecule has 2 aromatic rings. The Morgan fingerprint density at radius 1 is 1.41 bits per heavy atom. The summed E-state index contributed by atoms with van der Waals surface area (Å²) in [7, 11) is 6.05. The van der Waals surface area contributed by atoms with Gasteiger partial charge in [-0.15, -0.1) is 0 Å². The van der Waals surface area contributed by atoms with Gasteiger partial charge in [-0.05, 0) is 38.2 Å². The van der Waals surface area contributed by atoms with Crippen molar-refractivity contribution < 1.29 is 5.11 Å². The highest BCUT2D eigenvalue weighted by atomic mass is 16.3. The van der Waals surface area contributed by atoms with Crippen molar-refractivity contribution in [2.45, 2.75) is 12.5 Å². The van der Waals surface area contributed by atoms with Gasteiger partial charge in [-0.3, -0.25) is 0 Å². The molecule has 0 amide bonds. The van der Waals surface area contributed by atoms with Crippen LogP contribution in [0.3, 0.4) is 0 Å². The molecule has 1 atom stereocenters. The number of benzene rings is 1. The summed E-state index contributed by atoms with van der Waals surface area (Å²) in [6.07, 6.45) is 2.57. The second-order valence-electron chi connectivity index (χ2n) is 4.60. The summed E-state index contributed by atoms with van der Waals surface area (Å²) in [6, 6.07) is 6.55. The molecule has 92 valence electrons. The Hall–Kier alpha value is -1.39. The Kier molecular flexibility index (Phi) is 3.45. The van der Waals surface area contributed by atoms with Gasteiger partial charge in [-0.2, -0.15) is 0 Å². The van der Waals surface area contributed by atoms with E-state index in [1.807, 2.05) is 32.0 Å². The fraction of sp³-hybridized carbons (Fsp3) is 0.462. The van der Waals surface area contributed by atoms with Crippen molar-refractivity contribution in [1.29, 1.82) is 0 Å². The predicted molar refractivity (Wildman–Crippen MR) is 68.8 cm³/mol. The van der Waals surface area contributed by atoms with Crippen LogP contribution in [0.4, 0.5) is 0 Å². The minimum atomic E-state index is 0.198. The maximum atomic E-state index is 9.12. The number of aromatic nitrogens is 2. The van der Waals surface area contributed by atoms with Gasteiger partial charge in [0.15, 0.2) is 0 Å². The summed E-state index contributed by atoms with van der Waals surface area (Å²) in [5.41, 5.74) is 3.35. The standard InChI is InChI=1S/C13H19N3O/c1-15(2)12(6-7-17)10-4-5-13-11(8-10)14-9-16(13)3/h4-5,8-9,12,17H,6-7H2,1-3H3. The number of imidazole rings is 1. The normalized spacial score (nSPS) is 13.5. The number of hydrogen-bond donors (Lipinski definition) is 1. The highest BCUT2D eigenvalue weighted by Crippen LogP contribution is 2.24. The minimum absolute atomic E-state index is 0.198. The molecule has 1 N–H and O–H groups in total. The first kappa shape index (κ1) is 12.1. The summed E-state index contributed by atoms with van der Waals surface area (Å²) in [4.78, 5) is 6.49. The molecule has 4 nitrogen and oxygen atoms in total. The Bertz CT molecular complexity index is 504. The van der Waals surface area contributed by atoms with Crippen molar-refractivity contribution in [1.82, 2.24) is 14.5 Å². The molecule has 17 heavy (non-hydrogen) atoms. The average Bonchev–Trinajstić information content (AvgIpc) is 2.67. The molecule has 0 aliphatic rings. The number of aliphatic hydroxyl groups excluding tert-OH is 1. The van der Waals surface area contributed by atoms with E-state index >= 15 is 0 Å². The fourth-order valence-electron chi connectivity index (χ4n) is 2.21. The fourth-order valence-corrected chi connectivity index (χ4v) is 2.21. The van der Waals surface area contributed by atoms with Crippen LogP contribution >= 0.6 is 0 Å². The second-order valence-corrected chi connectivity index (χ2v) is 4.60. The van der Waals surface area contributed by atoms with Crippen LogP contribution in [0.1, 0.15) is 18.0 Å². The van der Waals surface area contributed by atoms with E-state index in [9.17, 15) is 0 Å². The third-order valence-electron chi connectivity index (χ3n) is 3.16. The van der Waals surface area contributed by atoms with E-state index < -0.39 is 0 Å². The maximum Gasteiger partial charge on any atom is 0.0955 e. The van der Waals surface area contributed by atoms with Gasteiger partial charge in [0.2, 0.25) is 0 Å². The Morgan fingerprint density at radius 3 is 2.82 bits per heavy atom. The van der Waals surface area contributed by atoms with Crippen LogP contribution in [0.2, 0.25) is 0 Å². The molecule has 0 aliphatic carbocycles. The molecular weight excluding hydrogens is 214 g/mol. The van der Waals surface area contributed by atoms with E-state index in [0.29, 0.717) is 0 Å². The predicted octanol–water partition coefficient (Wildman–Crippen LogP) is 1.56. The van der Waals surface area contributed by atoms with Crippen LogP contribution in [-0.4, -0.2) is 40.3 Å². The van der Waals surface area contributed by atoms with Crippen LogP contribution in [0, 0.1) is 0 Å². The number of aryl methyl sites for hydroxylation is 1. The highest BCUT2D eigenvalue weighted by Gasteiger charge is 2.14. The number of rotatable bonds is 4. The van der Waals surface area contributed by atoms with Gasteiger partial charge in [-0.1, -0.05) is 6.07 Å². The van der Waals surface area contributed by atoms with Gasteiger partial charge in [0.1, 0.15) is 0 Å². The van der Waals surface area contributed by atoms with E-state index in [2.05, 4.69) is 28.1 Å². The molecule has 0 aliphatic heterocycles. The first-order valence-electron chi connectivity index (χ1n) is 5.81. The number of hydrogen-bond acceptors (Lipinski definition) is 3. The maximum absolute atomic E-state index is 9.12. The lowest BCUT2D eigenvalue weighted by Crippen LogP contribution is -2.21. The molecule has 0 fully saturated rings. The number of nitrogens with zero attached hydrogens (tertiary/aromatic N) is 3. The lowest BCUT2D eigenvalue weighted by molar-refractivity contribution is 0.211. The first-order chi connectivity index (χ1) is 8.13. The van der Waals surface area contributed by atoms with Crippen LogP contribution in [0.25, 0.3) is 11.0 Å². The van der Waals surface area contributed by atoms with Crippen molar-refractivity contribution in [3.63, 3.8) is 0 Å². The van der Waals surface area contributed by atoms with Gasteiger partial charge in [0.05, 0.1) is 17.4 Å². The Labute approximate surface area is 101 Å². The SMILES string of the molecule is CN(C)C(CCO)c1ccc2c(c1)ncn2C. The van der Waals surface area contributed by atoms with E-state index in [4.69, 9.17) is 5.11 Å². The largest absolute Gasteiger partial charge is 0.396 e. The summed E-state index contributed by atoms with van der Waals surface area (Å²) < 4.78 is 2.01. The zero-order valence-electron chi connectivity index (χ0n) is 10.6. The van der Waals surface area contributed by atoms with E-state index in [-0.39, 0.29) is 12.6 Å². The summed E-state index contributed by atoms with van der Waals surface area (Å²) in [6.45, 7) is 0.198. The van der Waals surface area contributed by atoms with E-state index in [1.54, 1.807) is 0 Å². The average molecular weight is 233 g/mol. The lowest BCUT2D eigenvalue weighted by atomic mass is 10.0. The molecule has 2 rings (SSSR count). The molecule has 4 heteroatoms. The molecule has 0 saturated heterocycles. The summed E-state index contributed by atoms with van der Waals surface area (Å²) in [5, 5.41) is 9.12. The summed E-state index contributed by atoms with van der Waals surface area (Å²) >= 11 is 0. The molecule has 1 unspecified atom stereocenters. The van der Waals surface area contributed by atoms with Crippen molar-refractivity contribution in [3.05, 3.63) is 30.1 Å². The molecule has 1 heterocycles. The number of aliphatic hydroxyl groups is 1. The topological polar surface area (TPSA) is 41.3 Å². The van der Waals surface area contributed by atoms with Crippen LogP contribution in [-0.2, 0) is 7.05 Å². The van der Waals surface area contributed by atoms with Gasteiger partial charge in [0, 0.05) is 19.7 Å². The quantitative estimate of drug-likeness (QED) is 0.871. The lowest BCUT2D eigenvalue weighted by Gasteiger charge is -2.24. The van der Waals surface area contributed by atoms with Crippen molar-refractivity contribution in [2.75, 3.05) is 20.7 Å². The first-order valence-corrected chi connectivity index (χ1v) is 5.81. The smallest absolute Gasteiger partial charge is 0.0955 e. The molecule has 0 radical (unpaired) electrons. The van der Waals surface area contributed by atoms with Crippen LogP contribution in [0.15, 0.2) is 24.5 Å². The van der Waals surface area contributed by atoms with Crippen LogP contribution < -0.4 is 0 Å². The molecular formula is C13H19N3O. The molecule has 0 bridgehead atoms. The zero-order valence-corrected chi connectivity index (χ0v) is 10.6. The van der Waals surface area contributed by atoms with Crippen molar-refractivity contribution >= 4 is 11.0 Å². The van der Waals surface area contributed by atoms with Gasteiger partial charge < -0.3 is 14.6 Å². The van der Waals surface area contributed by atoms with E-state index in [0.717, 1.165) is 17.5 Å². The van der Waals surface area contributed by atoms with Crippen LogP contribution in [0.5, 0.6) is 0 Å². The third-order valence-corrected chi connectivity index (χ3v) is 3.16. The van der Waals surface area contributed by atoms with E-state index in [1.165, 1.54) is 5.56 Å². The Balaban J connectivity index is 2.40. The summed E-state index contributed by atoms with van der Waals surface area (Å²) in [5.74, 6) is 0. The molecule has 1 aromatic carbocycles. The highest BCUT2D eigenvalue weighted by molar-refractivity contribution is 5.76. The zero-order chi connectivity index (χ0) is 12.4. The number of fused-ring (bicyclic) bond motifs is 1. The Morgan fingerprint density at radius 2 is 2.18 bits per heavy atom.